The largest absolute Gasteiger partial charge is 0.481 e. The average molecular weight is 345 g/mol. The van der Waals surface area contributed by atoms with Crippen molar-refractivity contribution in [3.63, 3.8) is 0 Å². The third-order valence-corrected chi connectivity index (χ3v) is 3.87. The van der Waals surface area contributed by atoms with Crippen molar-refractivity contribution in [2.24, 2.45) is 0 Å². The van der Waals surface area contributed by atoms with Crippen LogP contribution >= 0.6 is 0 Å². The summed E-state index contributed by atoms with van der Waals surface area (Å²) >= 11 is 0. The molecule has 0 bridgehead atoms. The number of rotatable bonds is 5. The van der Waals surface area contributed by atoms with E-state index in [-0.39, 0.29) is 31.7 Å². The molecule has 2 atom stereocenters. The number of amides is 1. The number of carboxylic acid groups (broad SMARTS) is 1. The molecule has 0 saturated carbocycles. The van der Waals surface area contributed by atoms with Gasteiger partial charge in [0.1, 0.15) is 0 Å². The number of halogens is 3. The van der Waals surface area contributed by atoms with Crippen LogP contribution in [-0.4, -0.2) is 53.9 Å². The molecular formula is C16H18F3NO4. The van der Waals surface area contributed by atoms with Gasteiger partial charge in [0.25, 0.3) is 0 Å². The zero-order valence-corrected chi connectivity index (χ0v) is 12.8. The second kappa shape index (κ2) is 7.65. The van der Waals surface area contributed by atoms with Crippen LogP contribution < -0.4 is 0 Å². The summed E-state index contributed by atoms with van der Waals surface area (Å²) in [7, 11) is 0. The van der Waals surface area contributed by atoms with Gasteiger partial charge in [-0.3, -0.25) is 9.59 Å². The van der Waals surface area contributed by atoms with Crippen LogP contribution in [-0.2, 0) is 14.3 Å². The molecule has 0 aromatic heterocycles. The number of hydrogen-bond acceptors (Lipinski definition) is 3. The number of morpholine rings is 1. The summed E-state index contributed by atoms with van der Waals surface area (Å²) in [5.41, 5.74) is 0.0358. The van der Waals surface area contributed by atoms with Gasteiger partial charge in [-0.25, -0.2) is 0 Å². The minimum atomic E-state index is -4.54. The fourth-order valence-corrected chi connectivity index (χ4v) is 2.68. The van der Waals surface area contributed by atoms with E-state index in [2.05, 4.69) is 0 Å². The summed E-state index contributed by atoms with van der Waals surface area (Å²) < 4.78 is 45.2. The molecule has 0 aliphatic carbocycles. The fraction of sp³-hybridized carbons (Fsp3) is 0.500. The van der Waals surface area contributed by atoms with Crippen molar-refractivity contribution in [2.45, 2.75) is 31.0 Å². The number of hydrogen-bond donors (Lipinski definition) is 1. The number of ether oxygens (including phenoxy) is 1. The smallest absolute Gasteiger partial charge is 0.396 e. The molecule has 2 rings (SSSR count). The van der Waals surface area contributed by atoms with Gasteiger partial charge >= 0.3 is 12.1 Å². The molecule has 1 amide bonds. The van der Waals surface area contributed by atoms with Gasteiger partial charge in [0.05, 0.1) is 25.0 Å². The maximum absolute atomic E-state index is 13.3. The summed E-state index contributed by atoms with van der Waals surface area (Å²) in [4.78, 5) is 24.2. The van der Waals surface area contributed by atoms with Crippen molar-refractivity contribution in [1.29, 1.82) is 0 Å². The molecule has 1 aliphatic heterocycles. The van der Waals surface area contributed by atoms with Crippen LogP contribution in [0.4, 0.5) is 13.2 Å². The van der Waals surface area contributed by atoms with Gasteiger partial charge in [-0.1, -0.05) is 30.3 Å². The lowest BCUT2D eigenvalue weighted by Gasteiger charge is -2.33. The normalized spacial score (nSPS) is 19.8. The second-order valence-electron chi connectivity index (χ2n) is 5.64. The maximum atomic E-state index is 13.3. The van der Waals surface area contributed by atoms with Gasteiger partial charge < -0.3 is 14.7 Å². The molecule has 0 spiro atoms. The first-order chi connectivity index (χ1) is 11.3. The monoisotopic (exact) mass is 345 g/mol. The zero-order valence-electron chi connectivity index (χ0n) is 12.8. The first kappa shape index (κ1) is 18.3. The standard InChI is InChI=1S/C16H18F3NO4/c17-16(18,19)13(11-4-2-1-3-5-11)9-14(21)20-6-7-24-12(10-20)8-15(22)23/h1-5,12-13H,6-10H2,(H,22,23)/t12-,13+/m1/s1. The first-order valence-electron chi connectivity index (χ1n) is 7.50. The summed E-state index contributed by atoms with van der Waals surface area (Å²) in [5.74, 6) is -3.61. The third-order valence-electron chi connectivity index (χ3n) is 3.87. The maximum Gasteiger partial charge on any atom is 0.396 e. The molecule has 24 heavy (non-hydrogen) atoms. The minimum absolute atomic E-state index is 0.00942. The van der Waals surface area contributed by atoms with E-state index in [9.17, 15) is 22.8 Å². The van der Waals surface area contributed by atoms with Crippen LogP contribution in [0.25, 0.3) is 0 Å². The molecule has 1 aliphatic rings. The van der Waals surface area contributed by atoms with E-state index in [1.807, 2.05) is 0 Å². The first-order valence-corrected chi connectivity index (χ1v) is 7.50. The van der Waals surface area contributed by atoms with Crippen molar-refractivity contribution >= 4 is 11.9 Å². The Hall–Kier alpha value is -2.09. The van der Waals surface area contributed by atoms with E-state index < -0.39 is 36.5 Å². The number of alkyl halides is 3. The van der Waals surface area contributed by atoms with E-state index in [1.54, 1.807) is 6.07 Å². The molecule has 1 heterocycles. The van der Waals surface area contributed by atoms with Crippen LogP contribution in [0.3, 0.4) is 0 Å². The topological polar surface area (TPSA) is 66.8 Å². The number of carboxylic acids is 1. The molecule has 8 heteroatoms. The van der Waals surface area contributed by atoms with Crippen LogP contribution in [0.15, 0.2) is 30.3 Å². The highest BCUT2D eigenvalue weighted by molar-refractivity contribution is 5.77. The third kappa shape index (κ3) is 4.95. The Morgan fingerprint density at radius 3 is 2.54 bits per heavy atom. The van der Waals surface area contributed by atoms with Gasteiger partial charge in [-0.05, 0) is 5.56 Å². The Kier molecular flexibility index (Phi) is 5.82. The Labute approximate surface area is 137 Å². The highest BCUT2D eigenvalue weighted by Crippen LogP contribution is 2.37. The lowest BCUT2D eigenvalue weighted by atomic mass is 9.94. The van der Waals surface area contributed by atoms with Gasteiger partial charge in [-0.2, -0.15) is 13.2 Å². The molecule has 132 valence electrons. The molecule has 1 saturated heterocycles. The van der Waals surface area contributed by atoms with E-state index in [0.29, 0.717) is 0 Å². The number of aliphatic carboxylic acids is 1. The van der Waals surface area contributed by atoms with E-state index >= 15 is 0 Å². The van der Waals surface area contributed by atoms with Crippen LogP contribution in [0.5, 0.6) is 0 Å². The minimum Gasteiger partial charge on any atom is -0.481 e. The zero-order chi connectivity index (χ0) is 17.7. The Bertz CT molecular complexity index is 576. The molecule has 5 nitrogen and oxygen atoms in total. The van der Waals surface area contributed by atoms with E-state index in [1.165, 1.54) is 29.2 Å². The van der Waals surface area contributed by atoms with Gasteiger partial charge in [0.15, 0.2) is 0 Å². The van der Waals surface area contributed by atoms with Gasteiger partial charge in [0.2, 0.25) is 5.91 Å². The molecule has 0 radical (unpaired) electrons. The van der Waals surface area contributed by atoms with Crippen LogP contribution in [0, 0.1) is 0 Å². The van der Waals surface area contributed by atoms with Crippen molar-refractivity contribution < 1.29 is 32.6 Å². The summed E-state index contributed by atoms with van der Waals surface area (Å²) in [6, 6.07) is 7.29. The summed E-state index contributed by atoms with van der Waals surface area (Å²) in [6.07, 6.45) is -6.22. The number of benzene rings is 1. The number of nitrogens with zero attached hydrogens (tertiary/aromatic N) is 1. The Morgan fingerprint density at radius 2 is 1.96 bits per heavy atom. The lowest BCUT2D eigenvalue weighted by molar-refractivity contribution is -0.163. The Morgan fingerprint density at radius 1 is 1.29 bits per heavy atom. The number of carbonyl (C=O) groups is 2. The van der Waals surface area contributed by atoms with Crippen molar-refractivity contribution in [1.82, 2.24) is 4.90 Å². The molecule has 1 aromatic carbocycles. The lowest BCUT2D eigenvalue weighted by Crippen LogP contribution is -2.47. The van der Waals surface area contributed by atoms with E-state index in [4.69, 9.17) is 9.84 Å². The van der Waals surface area contributed by atoms with Crippen LogP contribution in [0.1, 0.15) is 24.3 Å². The van der Waals surface area contributed by atoms with Crippen molar-refractivity contribution in [3.8, 4) is 0 Å². The average Bonchev–Trinajstić information content (AvgIpc) is 2.51. The van der Waals surface area contributed by atoms with Crippen molar-refractivity contribution in [3.05, 3.63) is 35.9 Å². The quantitative estimate of drug-likeness (QED) is 0.890. The molecular weight excluding hydrogens is 327 g/mol. The van der Waals surface area contributed by atoms with Crippen LogP contribution in [0.2, 0.25) is 0 Å². The fourth-order valence-electron chi connectivity index (χ4n) is 2.68. The molecule has 1 N–H and O–H groups in total. The number of carbonyl (C=O) groups excluding carboxylic acids is 1. The molecule has 0 unspecified atom stereocenters. The van der Waals surface area contributed by atoms with E-state index in [0.717, 1.165) is 0 Å². The molecule has 1 aromatic rings. The summed E-state index contributed by atoms with van der Waals surface area (Å²) in [5, 5.41) is 8.76. The molecule has 1 fully saturated rings. The highest BCUT2D eigenvalue weighted by Gasteiger charge is 2.42. The van der Waals surface area contributed by atoms with Gasteiger partial charge in [-0.15, -0.1) is 0 Å². The highest BCUT2D eigenvalue weighted by atomic mass is 19.4. The second-order valence-corrected chi connectivity index (χ2v) is 5.64. The SMILES string of the molecule is O=C(O)C[C@@H]1CN(C(=O)C[C@@H](c2ccccc2)C(F)(F)F)CCO1. The summed E-state index contributed by atoms with van der Waals surface area (Å²) in [6.45, 7) is 0.268. The van der Waals surface area contributed by atoms with Crippen molar-refractivity contribution in [2.75, 3.05) is 19.7 Å². The predicted molar refractivity (Wildman–Crippen MR) is 78.4 cm³/mol. The Balaban J connectivity index is 2.06. The predicted octanol–water partition coefficient (Wildman–Crippen LogP) is 2.42. The van der Waals surface area contributed by atoms with Gasteiger partial charge in [0, 0.05) is 19.5 Å².